The molecule has 0 aliphatic carbocycles. The van der Waals surface area contributed by atoms with Gasteiger partial charge in [-0.05, 0) is 24.1 Å². The highest BCUT2D eigenvalue weighted by Gasteiger charge is 1.89. The van der Waals surface area contributed by atoms with E-state index in [1.54, 1.807) is 7.11 Å². The third-order valence-electron chi connectivity index (χ3n) is 1.57. The van der Waals surface area contributed by atoms with Crippen LogP contribution < -0.4 is 10.9 Å². The summed E-state index contributed by atoms with van der Waals surface area (Å²) in [5.74, 6) is 0.928. The van der Waals surface area contributed by atoms with Gasteiger partial charge in [0.1, 0.15) is 5.75 Å². The number of rotatable bonds is 2. The van der Waals surface area contributed by atoms with E-state index in [-0.39, 0.29) is 6.15 Å². The van der Waals surface area contributed by atoms with Gasteiger partial charge in [0.25, 0.3) is 0 Å². The number of hydrogen-bond donors (Lipinski definition) is 1. The molecule has 0 amide bonds. The molecule has 0 aromatic heterocycles. The molecule has 1 rings (SSSR count). The van der Waals surface area contributed by atoms with Crippen molar-refractivity contribution in [2.75, 3.05) is 7.11 Å². The van der Waals surface area contributed by atoms with Crippen LogP contribution >= 0.6 is 0 Å². The molecule has 3 N–H and O–H groups in total. The van der Waals surface area contributed by atoms with Crippen molar-refractivity contribution < 1.29 is 4.74 Å². The summed E-state index contributed by atoms with van der Waals surface area (Å²) in [5, 5.41) is 0. The van der Waals surface area contributed by atoms with Crippen molar-refractivity contribution in [3.8, 4) is 5.75 Å². The number of aryl methyl sites for hydroxylation is 1. The van der Waals surface area contributed by atoms with Gasteiger partial charge in [0.05, 0.1) is 7.11 Å². The maximum Gasteiger partial charge on any atom is 0.118 e. The topological polar surface area (TPSA) is 44.2 Å². The van der Waals surface area contributed by atoms with Crippen LogP contribution in [-0.2, 0) is 6.42 Å². The van der Waals surface area contributed by atoms with Gasteiger partial charge in [-0.1, -0.05) is 19.1 Å². The van der Waals surface area contributed by atoms with E-state index in [1.807, 2.05) is 12.1 Å². The molecule has 0 bridgehead atoms. The zero-order chi connectivity index (χ0) is 7.40. The lowest BCUT2D eigenvalue weighted by Crippen LogP contribution is -1.83. The molecule has 2 heteroatoms. The molecule has 0 saturated carbocycles. The highest BCUT2D eigenvalue weighted by atomic mass is 16.5. The minimum atomic E-state index is 0. The number of methoxy groups -OCH3 is 1. The lowest BCUT2D eigenvalue weighted by molar-refractivity contribution is 0.414. The molecule has 0 saturated heterocycles. The second-order valence-electron chi connectivity index (χ2n) is 2.20. The number of benzene rings is 1. The van der Waals surface area contributed by atoms with E-state index < -0.39 is 0 Å². The average Bonchev–Trinajstić information content (AvgIpc) is 2.05. The summed E-state index contributed by atoms with van der Waals surface area (Å²) in [4.78, 5) is 0. The van der Waals surface area contributed by atoms with Gasteiger partial charge in [0, 0.05) is 0 Å². The highest BCUT2D eigenvalue weighted by molar-refractivity contribution is 5.26. The van der Waals surface area contributed by atoms with Crippen LogP contribution in [0.25, 0.3) is 0 Å². The van der Waals surface area contributed by atoms with E-state index in [2.05, 4.69) is 19.1 Å². The molecule has 0 aliphatic heterocycles. The standard InChI is InChI=1S/C9H12O.H3N/c1-3-8-4-6-9(10-2)7-5-8;/h4-7H,3H2,1-2H3;1H3. The Kier molecular flexibility index (Phi) is 4.30. The Morgan fingerprint density at radius 3 is 2.09 bits per heavy atom. The molecule has 0 heterocycles. The molecule has 2 nitrogen and oxygen atoms in total. The van der Waals surface area contributed by atoms with Gasteiger partial charge in [-0.3, -0.25) is 0 Å². The molecule has 0 fully saturated rings. The van der Waals surface area contributed by atoms with Crippen LogP contribution in [0.1, 0.15) is 12.5 Å². The quantitative estimate of drug-likeness (QED) is 0.709. The first-order valence-corrected chi connectivity index (χ1v) is 3.49. The molecule has 1 aromatic rings. The summed E-state index contributed by atoms with van der Waals surface area (Å²) in [6, 6.07) is 8.13. The molecular weight excluding hydrogens is 138 g/mol. The van der Waals surface area contributed by atoms with E-state index >= 15 is 0 Å². The van der Waals surface area contributed by atoms with Crippen LogP contribution in [0, 0.1) is 0 Å². The van der Waals surface area contributed by atoms with E-state index in [9.17, 15) is 0 Å². The van der Waals surface area contributed by atoms with Gasteiger partial charge in [0.15, 0.2) is 0 Å². The highest BCUT2D eigenvalue weighted by Crippen LogP contribution is 2.10. The first-order chi connectivity index (χ1) is 4.86. The second-order valence-corrected chi connectivity index (χ2v) is 2.20. The minimum Gasteiger partial charge on any atom is -0.497 e. The predicted octanol–water partition coefficient (Wildman–Crippen LogP) is 2.42. The zero-order valence-electron chi connectivity index (χ0n) is 7.13. The van der Waals surface area contributed by atoms with Gasteiger partial charge < -0.3 is 10.9 Å². The van der Waals surface area contributed by atoms with Crippen molar-refractivity contribution in [3.05, 3.63) is 29.8 Å². The lowest BCUT2D eigenvalue weighted by atomic mass is 10.2. The summed E-state index contributed by atoms with van der Waals surface area (Å²) in [6.45, 7) is 2.14. The van der Waals surface area contributed by atoms with Crippen molar-refractivity contribution in [2.24, 2.45) is 0 Å². The average molecular weight is 153 g/mol. The molecule has 11 heavy (non-hydrogen) atoms. The van der Waals surface area contributed by atoms with E-state index in [0.29, 0.717) is 0 Å². The van der Waals surface area contributed by atoms with Gasteiger partial charge in [-0.2, -0.15) is 0 Å². The van der Waals surface area contributed by atoms with Gasteiger partial charge in [0.2, 0.25) is 0 Å². The number of ether oxygens (including phenoxy) is 1. The third-order valence-corrected chi connectivity index (χ3v) is 1.57. The van der Waals surface area contributed by atoms with Crippen molar-refractivity contribution >= 4 is 0 Å². The second kappa shape index (κ2) is 4.74. The van der Waals surface area contributed by atoms with Crippen LogP contribution in [0.3, 0.4) is 0 Å². The van der Waals surface area contributed by atoms with Crippen molar-refractivity contribution in [2.45, 2.75) is 13.3 Å². The Balaban J connectivity index is 0.000001000. The van der Waals surface area contributed by atoms with Gasteiger partial charge in [-0.25, -0.2) is 0 Å². The van der Waals surface area contributed by atoms with Crippen molar-refractivity contribution in [1.29, 1.82) is 0 Å². The van der Waals surface area contributed by atoms with Gasteiger partial charge >= 0.3 is 0 Å². The fourth-order valence-electron chi connectivity index (χ4n) is 0.861. The summed E-state index contributed by atoms with van der Waals surface area (Å²) in [6.07, 6.45) is 1.09. The van der Waals surface area contributed by atoms with Crippen molar-refractivity contribution in [3.63, 3.8) is 0 Å². The predicted molar refractivity (Wildman–Crippen MR) is 47.4 cm³/mol. The van der Waals surface area contributed by atoms with E-state index in [1.165, 1.54) is 5.56 Å². The maximum atomic E-state index is 5.01. The summed E-state index contributed by atoms with van der Waals surface area (Å²) < 4.78 is 5.01. The van der Waals surface area contributed by atoms with E-state index in [0.717, 1.165) is 12.2 Å². The molecule has 62 valence electrons. The van der Waals surface area contributed by atoms with Gasteiger partial charge in [-0.15, -0.1) is 0 Å². The monoisotopic (exact) mass is 153 g/mol. The first kappa shape index (κ1) is 9.98. The zero-order valence-corrected chi connectivity index (χ0v) is 7.13. The SMILES string of the molecule is CCc1ccc(OC)cc1.N. The number of hydrogen-bond acceptors (Lipinski definition) is 2. The molecule has 0 aliphatic rings. The smallest absolute Gasteiger partial charge is 0.118 e. The Morgan fingerprint density at radius 1 is 1.18 bits per heavy atom. The van der Waals surface area contributed by atoms with Crippen molar-refractivity contribution in [1.82, 2.24) is 6.15 Å². The summed E-state index contributed by atoms with van der Waals surface area (Å²) >= 11 is 0. The fraction of sp³-hybridized carbons (Fsp3) is 0.333. The fourth-order valence-corrected chi connectivity index (χ4v) is 0.861. The van der Waals surface area contributed by atoms with Crippen LogP contribution in [-0.4, -0.2) is 7.11 Å². The van der Waals surface area contributed by atoms with Crippen LogP contribution in [0.2, 0.25) is 0 Å². The largest absolute Gasteiger partial charge is 0.497 e. The Morgan fingerprint density at radius 2 is 1.73 bits per heavy atom. The molecular formula is C9H15NO. The maximum absolute atomic E-state index is 5.01. The Labute approximate surface area is 67.8 Å². The lowest BCUT2D eigenvalue weighted by Gasteiger charge is -1.99. The van der Waals surface area contributed by atoms with E-state index in [4.69, 9.17) is 4.74 Å². The minimum absolute atomic E-state index is 0. The molecule has 0 unspecified atom stereocenters. The molecule has 0 atom stereocenters. The summed E-state index contributed by atoms with van der Waals surface area (Å²) in [7, 11) is 1.68. The summed E-state index contributed by atoms with van der Waals surface area (Å²) in [5.41, 5.74) is 1.35. The molecule has 0 spiro atoms. The van der Waals surface area contributed by atoms with Crippen LogP contribution in [0.4, 0.5) is 0 Å². The molecule has 0 radical (unpaired) electrons. The first-order valence-electron chi connectivity index (χ1n) is 3.49. The van der Waals surface area contributed by atoms with Crippen LogP contribution in [0.5, 0.6) is 5.75 Å². The normalized spacial score (nSPS) is 8.55. The Bertz CT molecular complexity index is 170. The van der Waals surface area contributed by atoms with Crippen LogP contribution in [0.15, 0.2) is 24.3 Å². The third kappa shape index (κ3) is 2.60. The Hall–Kier alpha value is -1.02. The molecule has 1 aromatic carbocycles.